The van der Waals surface area contributed by atoms with Crippen molar-refractivity contribution < 1.29 is 18.3 Å². The zero-order valence-electron chi connectivity index (χ0n) is 10.1. The summed E-state index contributed by atoms with van der Waals surface area (Å²) in [5, 5.41) is 8.39. The van der Waals surface area contributed by atoms with Gasteiger partial charge in [0.1, 0.15) is 0 Å². The van der Waals surface area contributed by atoms with E-state index in [4.69, 9.17) is 5.11 Å². The Morgan fingerprint density at radius 3 is 2.25 bits per heavy atom. The second kappa shape index (κ2) is 6.85. The molecule has 0 rings (SSSR count). The van der Waals surface area contributed by atoms with Crippen molar-refractivity contribution in [2.45, 2.75) is 46.1 Å². The van der Waals surface area contributed by atoms with E-state index in [9.17, 15) is 13.2 Å². The lowest BCUT2D eigenvalue weighted by molar-refractivity contribution is -0.136. The third-order valence-corrected chi connectivity index (χ3v) is 3.65. The van der Waals surface area contributed by atoms with Gasteiger partial charge < -0.3 is 5.11 Å². The summed E-state index contributed by atoms with van der Waals surface area (Å²) >= 11 is 0. The molecule has 6 heteroatoms. The number of carbonyl (C=O) groups is 1. The minimum absolute atomic E-state index is 0.138. The van der Waals surface area contributed by atoms with Gasteiger partial charge in [-0.1, -0.05) is 13.8 Å². The molecule has 0 radical (unpaired) electrons. The molecule has 0 spiro atoms. The molecule has 16 heavy (non-hydrogen) atoms. The highest BCUT2D eigenvalue weighted by atomic mass is 32.2. The molecule has 0 aliphatic rings. The molecule has 0 aromatic heterocycles. The van der Waals surface area contributed by atoms with E-state index in [1.165, 1.54) is 0 Å². The van der Waals surface area contributed by atoms with Gasteiger partial charge in [-0.3, -0.25) is 4.79 Å². The van der Waals surface area contributed by atoms with Crippen molar-refractivity contribution >= 4 is 16.0 Å². The van der Waals surface area contributed by atoms with Gasteiger partial charge in [-0.25, -0.2) is 13.1 Å². The van der Waals surface area contributed by atoms with Crippen LogP contribution in [0.15, 0.2) is 0 Å². The van der Waals surface area contributed by atoms with Gasteiger partial charge in [-0.15, -0.1) is 0 Å². The summed E-state index contributed by atoms with van der Waals surface area (Å²) in [5.41, 5.74) is 0. The highest BCUT2D eigenvalue weighted by molar-refractivity contribution is 7.89. The zero-order valence-corrected chi connectivity index (χ0v) is 10.9. The van der Waals surface area contributed by atoms with Crippen LogP contribution >= 0.6 is 0 Å². The normalized spacial score (nSPS) is 14.0. The summed E-state index contributed by atoms with van der Waals surface area (Å²) in [6.07, 6.45) is 1.36. The van der Waals surface area contributed by atoms with Crippen LogP contribution in [0.1, 0.15) is 40.0 Å². The van der Waals surface area contributed by atoms with Gasteiger partial charge in [-0.05, 0) is 25.7 Å². The number of nitrogens with one attached hydrogen (secondary N) is 1. The number of hydrogen-bond acceptors (Lipinski definition) is 3. The van der Waals surface area contributed by atoms with E-state index in [1.807, 2.05) is 0 Å². The predicted octanol–water partition coefficient (Wildman–Crippen LogP) is 1.21. The third-order valence-electron chi connectivity index (χ3n) is 2.14. The van der Waals surface area contributed by atoms with Crippen LogP contribution in [0.2, 0.25) is 0 Å². The average Bonchev–Trinajstić information content (AvgIpc) is 2.11. The lowest BCUT2D eigenvalue weighted by atomic mass is 10.1. The molecule has 0 amide bonds. The Labute approximate surface area is 97.3 Å². The fraction of sp³-hybridized carbons (Fsp3) is 0.900. The van der Waals surface area contributed by atoms with Crippen LogP contribution in [-0.2, 0) is 14.8 Å². The molecule has 0 bridgehead atoms. The number of hydrogen-bond donors (Lipinski definition) is 2. The van der Waals surface area contributed by atoms with E-state index in [1.54, 1.807) is 6.92 Å². The number of carboxylic acid groups (broad SMARTS) is 1. The second-order valence-electron chi connectivity index (χ2n) is 4.45. The van der Waals surface area contributed by atoms with Crippen LogP contribution in [0.3, 0.4) is 0 Å². The summed E-state index contributed by atoms with van der Waals surface area (Å²) < 4.78 is 25.3. The van der Waals surface area contributed by atoms with Gasteiger partial charge in [0.25, 0.3) is 0 Å². The molecule has 0 fully saturated rings. The maximum Gasteiger partial charge on any atom is 0.304 e. The van der Waals surface area contributed by atoms with Gasteiger partial charge in [0.05, 0.1) is 12.2 Å². The summed E-state index contributed by atoms with van der Waals surface area (Å²) in [5.74, 6) is -0.917. The molecule has 96 valence electrons. The van der Waals surface area contributed by atoms with E-state index < -0.39 is 16.0 Å². The Kier molecular flexibility index (Phi) is 6.59. The zero-order chi connectivity index (χ0) is 12.8. The number of carboxylic acids is 1. The lowest BCUT2D eigenvalue weighted by Crippen LogP contribution is -2.35. The van der Waals surface area contributed by atoms with Crippen LogP contribution in [0.4, 0.5) is 0 Å². The second-order valence-corrected chi connectivity index (χ2v) is 6.33. The highest BCUT2D eigenvalue weighted by Crippen LogP contribution is 2.07. The standard InChI is InChI=1S/C10H21NO4S/c1-8(2)4-5-9(3)11-16(14,15)7-6-10(12)13/h8-9,11H,4-7H2,1-3H3,(H,12,13). The molecular formula is C10H21NO4S. The SMILES string of the molecule is CC(C)CCC(C)NS(=O)(=O)CCC(=O)O. The smallest absolute Gasteiger partial charge is 0.304 e. The highest BCUT2D eigenvalue weighted by Gasteiger charge is 2.16. The summed E-state index contributed by atoms with van der Waals surface area (Å²) in [4.78, 5) is 10.3. The maximum atomic E-state index is 11.4. The molecule has 2 N–H and O–H groups in total. The Morgan fingerprint density at radius 2 is 1.81 bits per heavy atom. The molecule has 0 aliphatic heterocycles. The van der Waals surface area contributed by atoms with Gasteiger partial charge in [0.15, 0.2) is 0 Å². The number of aliphatic carboxylic acids is 1. The van der Waals surface area contributed by atoms with Crippen LogP contribution < -0.4 is 4.72 Å². The number of rotatable bonds is 8. The molecule has 1 unspecified atom stereocenters. The minimum atomic E-state index is -3.45. The van der Waals surface area contributed by atoms with Crippen LogP contribution in [-0.4, -0.2) is 31.3 Å². The first-order chi connectivity index (χ1) is 7.23. The molecule has 0 heterocycles. The van der Waals surface area contributed by atoms with Gasteiger partial charge in [0.2, 0.25) is 10.0 Å². The Hall–Kier alpha value is -0.620. The molecule has 5 nitrogen and oxygen atoms in total. The molecular weight excluding hydrogens is 230 g/mol. The molecule has 1 atom stereocenters. The van der Waals surface area contributed by atoms with Crippen molar-refractivity contribution in [3.05, 3.63) is 0 Å². The van der Waals surface area contributed by atoms with E-state index in [2.05, 4.69) is 18.6 Å². The topological polar surface area (TPSA) is 83.5 Å². The van der Waals surface area contributed by atoms with Crippen LogP contribution in [0, 0.1) is 5.92 Å². The van der Waals surface area contributed by atoms with Crippen molar-refractivity contribution in [1.82, 2.24) is 4.72 Å². The minimum Gasteiger partial charge on any atom is -0.481 e. The largest absolute Gasteiger partial charge is 0.481 e. The Bertz CT molecular complexity index is 311. The Balaban J connectivity index is 4.00. The first-order valence-corrected chi connectivity index (χ1v) is 7.10. The summed E-state index contributed by atoms with van der Waals surface area (Å²) in [6.45, 7) is 5.94. The van der Waals surface area contributed by atoms with Crippen molar-refractivity contribution in [3.8, 4) is 0 Å². The fourth-order valence-electron chi connectivity index (χ4n) is 1.23. The predicted molar refractivity (Wildman–Crippen MR) is 62.7 cm³/mol. The van der Waals surface area contributed by atoms with E-state index >= 15 is 0 Å². The first kappa shape index (κ1) is 15.4. The number of sulfonamides is 1. The quantitative estimate of drug-likeness (QED) is 0.679. The molecule has 0 saturated heterocycles. The van der Waals surface area contributed by atoms with Crippen molar-refractivity contribution in [2.24, 2.45) is 5.92 Å². The van der Waals surface area contributed by atoms with E-state index in [0.717, 1.165) is 12.8 Å². The molecule has 0 saturated carbocycles. The van der Waals surface area contributed by atoms with Gasteiger partial charge in [-0.2, -0.15) is 0 Å². The van der Waals surface area contributed by atoms with Crippen molar-refractivity contribution in [2.75, 3.05) is 5.75 Å². The van der Waals surface area contributed by atoms with E-state index in [-0.39, 0.29) is 18.2 Å². The summed E-state index contributed by atoms with van der Waals surface area (Å²) in [6, 6.07) is -0.138. The molecule has 0 aliphatic carbocycles. The average molecular weight is 251 g/mol. The van der Waals surface area contributed by atoms with Crippen LogP contribution in [0.5, 0.6) is 0 Å². The maximum absolute atomic E-state index is 11.4. The van der Waals surface area contributed by atoms with Gasteiger partial charge in [0, 0.05) is 6.04 Å². The fourth-order valence-corrected chi connectivity index (χ4v) is 2.52. The van der Waals surface area contributed by atoms with Crippen LogP contribution in [0.25, 0.3) is 0 Å². The Morgan fingerprint density at radius 1 is 1.25 bits per heavy atom. The molecule has 0 aromatic carbocycles. The van der Waals surface area contributed by atoms with Crippen molar-refractivity contribution in [3.63, 3.8) is 0 Å². The van der Waals surface area contributed by atoms with Gasteiger partial charge >= 0.3 is 5.97 Å². The third kappa shape index (κ3) is 8.67. The summed E-state index contributed by atoms with van der Waals surface area (Å²) in [7, 11) is -3.45. The van der Waals surface area contributed by atoms with Crippen molar-refractivity contribution in [1.29, 1.82) is 0 Å². The monoisotopic (exact) mass is 251 g/mol. The lowest BCUT2D eigenvalue weighted by Gasteiger charge is -2.14. The molecule has 0 aromatic rings. The first-order valence-electron chi connectivity index (χ1n) is 5.44. The van der Waals surface area contributed by atoms with E-state index in [0.29, 0.717) is 5.92 Å².